The Balaban J connectivity index is 1.98. The summed E-state index contributed by atoms with van der Waals surface area (Å²) >= 11 is 1.63. The minimum absolute atomic E-state index is 0.243. The molecule has 3 aromatic rings. The van der Waals surface area contributed by atoms with E-state index in [1.54, 1.807) is 40.3 Å². The highest BCUT2D eigenvalue weighted by Gasteiger charge is 2.05. The van der Waals surface area contributed by atoms with Gasteiger partial charge in [-0.15, -0.1) is 5.10 Å². The Morgan fingerprint density at radius 3 is 2.65 bits per heavy atom. The average Bonchev–Trinajstić information content (AvgIpc) is 3.00. The maximum absolute atomic E-state index is 9.22. The van der Waals surface area contributed by atoms with Crippen molar-refractivity contribution in [2.45, 2.75) is 0 Å². The number of phenols is 1. The fourth-order valence-corrected chi connectivity index (χ4v) is 2.19. The molecule has 0 aliphatic rings. The maximum Gasteiger partial charge on any atom is 0.115 e. The highest BCUT2D eigenvalue weighted by Crippen LogP contribution is 2.20. The molecule has 17 heavy (non-hydrogen) atoms. The Kier molecular flexibility index (Phi) is 2.38. The van der Waals surface area contributed by atoms with Crippen molar-refractivity contribution in [3.05, 3.63) is 47.3 Å². The lowest BCUT2D eigenvalue weighted by atomic mass is 10.2. The van der Waals surface area contributed by atoms with E-state index in [1.807, 2.05) is 23.0 Å². The molecule has 0 aliphatic carbocycles. The Morgan fingerprint density at radius 1 is 1.12 bits per heavy atom. The summed E-state index contributed by atoms with van der Waals surface area (Å²) in [6, 6.07) is 8.85. The summed E-state index contributed by atoms with van der Waals surface area (Å²) in [4.78, 5) is 0. The minimum atomic E-state index is 0.243. The van der Waals surface area contributed by atoms with Gasteiger partial charge in [0.05, 0.1) is 11.9 Å². The zero-order valence-electron chi connectivity index (χ0n) is 8.82. The lowest BCUT2D eigenvalue weighted by Gasteiger charge is -1.98. The number of nitrogens with zero attached hydrogens (tertiary/aromatic N) is 3. The topological polar surface area (TPSA) is 50.9 Å². The molecule has 0 fully saturated rings. The van der Waals surface area contributed by atoms with Crippen molar-refractivity contribution in [3.63, 3.8) is 0 Å². The predicted molar refractivity (Wildman–Crippen MR) is 66.3 cm³/mol. The molecule has 0 saturated carbocycles. The second kappa shape index (κ2) is 4.03. The van der Waals surface area contributed by atoms with E-state index < -0.39 is 0 Å². The number of aromatic nitrogens is 3. The lowest BCUT2D eigenvalue weighted by molar-refractivity contribution is 0.475. The van der Waals surface area contributed by atoms with E-state index >= 15 is 0 Å². The molecule has 0 aliphatic heterocycles. The fraction of sp³-hybridized carbons (Fsp3) is 0. The van der Waals surface area contributed by atoms with Gasteiger partial charge in [0.15, 0.2) is 0 Å². The smallest absolute Gasteiger partial charge is 0.115 e. The van der Waals surface area contributed by atoms with Gasteiger partial charge in [-0.25, -0.2) is 4.68 Å². The van der Waals surface area contributed by atoms with Crippen LogP contribution in [-0.4, -0.2) is 20.1 Å². The quantitative estimate of drug-likeness (QED) is 0.753. The summed E-state index contributed by atoms with van der Waals surface area (Å²) in [7, 11) is 0. The predicted octanol–water partition coefficient (Wildman–Crippen LogP) is 2.70. The summed E-state index contributed by atoms with van der Waals surface area (Å²) in [5, 5.41) is 21.4. The third-order valence-corrected chi connectivity index (χ3v) is 3.11. The molecule has 3 rings (SSSR count). The van der Waals surface area contributed by atoms with E-state index in [4.69, 9.17) is 0 Å². The molecule has 0 amide bonds. The number of aromatic hydroxyl groups is 1. The summed E-state index contributed by atoms with van der Waals surface area (Å²) < 4.78 is 1.69. The van der Waals surface area contributed by atoms with Crippen molar-refractivity contribution in [1.82, 2.24) is 15.0 Å². The SMILES string of the molecule is Oc1ccc(-n2cc(-c3ccsc3)nn2)cc1. The van der Waals surface area contributed by atoms with Crippen LogP contribution in [0, 0.1) is 0 Å². The van der Waals surface area contributed by atoms with E-state index in [0.29, 0.717) is 0 Å². The number of phenolic OH excluding ortho intramolecular Hbond substituents is 1. The van der Waals surface area contributed by atoms with Crippen LogP contribution in [0.2, 0.25) is 0 Å². The fourth-order valence-electron chi connectivity index (χ4n) is 1.54. The van der Waals surface area contributed by atoms with Crippen LogP contribution in [0.5, 0.6) is 5.75 Å². The molecule has 0 saturated heterocycles. The van der Waals surface area contributed by atoms with Gasteiger partial charge in [0.25, 0.3) is 0 Å². The van der Waals surface area contributed by atoms with E-state index in [1.165, 1.54) is 0 Å². The largest absolute Gasteiger partial charge is 0.508 e. The Bertz CT molecular complexity index is 614. The third-order valence-electron chi connectivity index (χ3n) is 2.42. The normalized spacial score (nSPS) is 10.6. The van der Waals surface area contributed by atoms with Crippen molar-refractivity contribution < 1.29 is 5.11 Å². The first-order valence-electron chi connectivity index (χ1n) is 5.07. The van der Waals surface area contributed by atoms with Gasteiger partial charge >= 0.3 is 0 Å². The van der Waals surface area contributed by atoms with E-state index in [2.05, 4.69) is 10.3 Å². The molecule has 1 N–H and O–H groups in total. The molecule has 1 aromatic carbocycles. The van der Waals surface area contributed by atoms with Gasteiger partial charge in [0, 0.05) is 10.9 Å². The summed E-state index contributed by atoms with van der Waals surface area (Å²) in [5.41, 5.74) is 2.79. The van der Waals surface area contributed by atoms with E-state index in [9.17, 15) is 5.11 Å². The molecule has 4 nitrogen and oxygen atoms in total. The van der Waals surface area contributed by atoms with Crippen molar-refractivity contribution in [3.8, 4) is 22.7 Å². The van der Waals surface area contributed by atoms with Crippen molar-refractivity contribution in [2.24, 2.45) is 0 Å². The van der Waals surface area contributed by atoms with E-state index in [0.717, 1.165) is 16.9 Å². The van der Waals surface area contributed by atoms with Gasteiger partial charge in [0.1, 0.15) is 11.4 Å². The third kappa shape index (κ3) is 1.92. The van der Waals surface area contributed by atoms with Crippen LogP contribution in [0.15, 0.2) is 47.3 Å². The van der Waals surface area contributed by atoms with Crippen LogP contribution in [-0.2, 0) is 0 Å². The highest BCUT2D eigenvalue weighted by molar-refractivity contribution is 7.08. The first-order valence-corrected chi connectivity index (χ1v) is 6.01. The molecule has 84 valence electrons. The Morgan fingerprint density at radius 2 is 1.94 bits per heavy atom. The van der Waals surface area contributed by atoms with Crippen LogP contribution >= 0.6 is 11.3 Å². The van der Waals surface area contributed by atoms with Crippen molar-refractivity contribution in [1.29, 1.82) is 0 Å². The molecule has 2 heterocycles. The monoisotopic (exact) mass is 243 g/mol. The number of benzene rings is 1. The highest BCUT2D eigenvalue weighted by atomic mass is 32.1. The van der Waals surface area contributed by atoms with E-state index in [-0.39, 0.29) is 5.75 Å². The Hall–Kier alpha value is -2.14. The first kappa shape index (κ1) is 10.0. The first-order chi connectivity index (χ1) is 8.33. The molecule has 0 radical (unpaired) electrons. The van der Waals surface area contributed by atoms with Crippen molar-refractivity contribution in [2.75, 3.05) is 0 Å². The number of hydrogen-bond donors (Lipinski definition) is 1. The van der Waals surface area contributed by atoms with Crippen LogP contribution in [0.25, 0.3) is 16.9 Å². The number of hydrogen-bond acceptors (Lipinski definition) is 4. The van der Waals surface area contributed by atoms with Crippen LogP contribution in [0.1, 0.15) is 0 Å². The van der Waals surface area contributed by atoms with Gasteiger partial charge in [-0.3, -0.25) is 0 Å². The standard InChI is InChI=1S/C12H9N3OS/c16-11-3-1-10(2-4-11)15-7-12(13-14-15)9-5-6-17-8-9/h1-8,16H. The molecule has 0 spiro atoms. The van der Waals surface area contributed by atoms with Crippen LogP contribution in [0.4, 0.5) is 0 Å². The van der Waals surface area contributed by atoms with Gasteiger partial charge in [-0.2, -0.15) is 11.3 Å². The van der Waals surface area contributed by atoms with Crippen LogP contribution in [0.3, 0.4) is 0 Å². The molecule has 0 unspecified atom stereocenters. The summed E-state index contributed by atoms with van der Waals surface area (Å²) in [6.45, 7) is 0. The number of thiophene rings is 1. The second-order valence-electron chi connectivity index (χ2n) is 3.58. The summed E-state index contributed by atoms with van der Waals surface area (Å²) in [5.74, 6) is 0.243. The van der Waals surface area contributed by atoms with Crippen LogP contribution < -0.4 is 0 Å². The maximum atomic E-state index is 9.22. The zero-order chi connectivity index (χ0) is 11.7. The molecule has 0 atom stereocenters. The molecule has 0 bridgehead atoms. The number of rotatable bonds is 2. The van der Waals surface area contributed by atoms with Gasteiger partial charge in [-0.1, -0.05) is 5.21 Å². The molecular formula is C12H9N3OS. The zero-order valence-corrected chi connectivity index (χ0v) is 9.63. The second-order valence-corrected chi connectivity index (χ2v) is 4.36. The van der Waals surface area contributed by atoms with Crippen molar-refractivity contribution >= 4 is 11.3 Å². The molecule has 2 aromatic heterocycles. The molecule has 5 heteroatoms. The Labute approximate surface area is 102 Å². The molecular weight excluding hydrogens is 234 g/mol. The lowest BCUT2D eigenvalue weighted by Crippen LogP contribution is -1.93. The van der Waals surface area contributed by atoms with Gasteiger partial charge in [0.2, 0.25) is 0 Å². The average molecular weight is 243 g/mol. The van der Waals surface area contributed by atoms with Gasteiger partial charge in [-0.05, 0) is 35.7 Å². The van der Waals surface area contributed by atoms with Gasteiger partial charge < -0.3 is 5.11 Å². The summed E-state index contributed by atoms with van der Waals surface area (Å²) in [6.07, 6.45) is 1.87. The minimum Gasteiger partial charge on any atom is -0.508 e.